The van der Waals surface area contributed by atoms with Crippen LogP contribution in [0.1, 0.15) is 6.42 Å². The van der Waals surface area contributed by atoms with Crippen LogP contribution < -0.4 is 0 Å². The van der Waals surface area contributed by atoms with Crippen molar-refractivity contribution < 1.29 is 24.2 Å². The van der Waals surface area contributed by atoms with Crippen LogP contribution in [0.4, 0.5) is 4.79 Å². The molecule has 2 aliphatic rings. The average Bonchev–Trinajstić information content (AvgIpc) is 2.77. The van der Waals surface area contributed by atoms with Gasteiger partial charge in [-0.15, -0.1) is 0 Å². The number of carboxylic acids is 1. The quantitative estimate of drug-likeness (QED) is 0.770. The Morgan fingerprint density at radius 2 is 2.21 bits per heavy atom. The molecule has 8 heteroatoms. The summed E-state index contributed by atoms with van der Waals surface area (Å²) in [5.41, 5.74) is 0. The van der Waals surface area contributed by atoms with Gasteiger partial charge in [-0.1, -0.05) is 0 Å². The van der Waals surface area contributed by atoms with E-state index in [4.69, 9.17) is 9.84 Å². The molecule has 0 aliphatic carbocycles. The molecule has 2 amide bonds. The summed E-state index contributed by atoms with van der Waals surface area (Å²) in [4.78, 5) is 37.0. The van der Waals surface area contributed by atoms with E-state index in [0.717, 1.165) is 10.7 Å². The first-order chi connectivity index (χ1) is 9.08. The largest absolute Gasteiger partial charge is 0.481 e. The van der Waals surface area contributed by atoms with E-state index in [9.17, 15) is 14.4 Å². The number of thioether (sulfide) groups is 1. The van der Waals surface area contributed by atoms with Crippen LogP contribution in [-0.4, -0.2) is 76.7 Å². The first-order valence-corrected chi connectivity index (χ1v) is 7.24. The summed E-state index contributed by atoms with van der Waals surface area (Å²) in [6, 6.07) is -0.154. The van der Waals surface area contributed by atoms with Gasteiger partial charge >= 0.3 is 12.1 Å². The highest BCUT2D eigenvalue weighted by Gasteiger charge is 2.32. The van der Waals surface area contributed by atoms with Gasteiger partial charge in [0.15, 0.2) is 0 Å². The molecule has 0 radical (unpaired) electrons. The van der Waals surface area contributed by atoms with Crippen molar-refractivity contribution in [3.8, 4) is 0 Å². The number of rotatable bonds is 4. The smallest absolute Gasteiger partial charge is 0.416 e. The van der Waals surface area contributed by atoms with Crippen molar-refractivity contribution in [1.82, 2.24) is 9.80 Å². The van der Waals surface area contributed by atoms with Gasteiger partial charge in [0.05, 0.1) is 19.5 Å². The first-order valence-electron chi connectivity index (χ1n) is 6.08. The van der Waals surface area contributed by atoms with Crippen LogP contribution in [0.5, 0.6) is 0 Å². The summed E-state index contributed by atoms with van der Waals surface area (Å²) < 4.78 is 4.72. The Labute approximate surface area is 114 Å². The molecule has 0 bridgehead atoms. The van der Waals surface area contributed by atoms with E-state index in [2.05, 4.69) is 0 Å². The second-order valence-corrected chi connectivity index (χ2v) is 5.61. The third-order valence-corrected chi connectivity index (χ3v) is 4.25. The highest BCUT2D eigenvalue weighted by molar-refractivity contribution is 7.99. The van der Waals surface area contributed by atoms with Crippen molar-refractivity contribution in [1.29, 1.82) is 0 Å². The lowest BCUT2D eigenvalue weighted by Gasteiger charge is -2.34. The van der Waals surface area contributed by atoms with Crippen LogP contribution in [0, 0.1) is 0 Å². The minimum atomic E-state index is -0.870. The van der Waals surface area contributed by atoms with Crippen LogP contribution in [-0.2, 0) is 14.3 Å². The number of nitrogens with zero attached hydrogens (tertiary/aromatic N) is 2. The summed E-state index contributed by atoms with van der Waals surface area (Å²) in [6.45, 7) is 1.26. The van der Waals surface area contributed by atoms with E-state index in [1.807, 2.05) is 4.90 Å². The van der Waals surface area contributed by atoms with Crippen LogP contribution in [0.3, 0.4) is 0 Å². The van der Waals surface area contributed by atoms with E-state index in [1.54, 1.807) is 11.8 Å². The van der Waals surface area contributed by atoms with E-state index in [1.165, 1.54) is 0 Å². The molecule has 2 saturated heterocycles. The maximum absolute atomic E-state index is 12.0. The SMILES string of the molecule is O=C(O)CC1CSCCN1CC(=O)N1CCOC1=O. The van der Waals surface area contributed by atoms with Gasteiger partial charge < -0.3 is 9.84 Å². The van der Waals surface area contributed by atoms with Crippen molar-refractivity contribution in [2.45, 2.75) is 12.5 Å². The summed E-state index contributed by atoms with van der Waals surface area (Å²) in [7, 11) is 0. The maximum Gasteiger partial charge on any atom is 0.416 e. The Morgan fingerprint density at radius 3 is 2.84 bits per heavy atom. The topological polar surface area (TPSA) is 87.2 Å². The molecule has 0 aromatic rings. The third-order valence-electron chi connectivity index (χ3n) is 3.16. The van der Waals surface area contributed by atoms with Crippen LogP contribution in [0.25, 0.3) is 0 Å². The maximum atomic E-state index is 12.0. The summed E-state index contributed by atoms with van der Waals surface area (Å²) in [5, 5.41) is 8.87. The lowest BCUT2D eigenvalue weighted by Crippen LogP contribution is -2.49. The highest BCUT2D eigenvalue weighted by Crippen LogP contribution is 2.19. The minimum Gasteiger partial charge on any atom is -0.481 e. The molecule has 2 aliphatic heterocycles. The van der Waals surface area contributed by atoms with Crippen molar-refractivity contribution in [3.05, 3.63) is 0 Å². The zero-order chi connectivity index (χ0) is 13.8. The van der Waals surface area contributed by atoms with Crippen molar-refractivity contribution in [2.24, 2.45) is 0 Å². The van der Waals surface area contributed by atoms with Gasteiger partial charge in [-0.3, -0.25) is 14.5 Å². The molecular weight excluding hydrogens is 272 g/mol. The normalized spacial score (nSPS) is 24.3. The fourth-order valence-electron chi connectivity index (χ4n) is 2.17. The number of cyclic esters (lactones) is 1. The zero-order valence-corrected chi connectivity index (χ0v) is 11.2. The minimum absolute atomic E-state index is 0.0186. The zero-order valence-electron chi connectivity index (χ0n) is 10.4. The van der Waals surface area contributed by atoms with Gasteiger partial charge in [0.1, 0.15) is 6.61 Å². The molecule has 0 aromatic heterocycles. The molecule has 2 rings (SSSR count). The molecule has 0 aromatic carbocycles. The van der Waals surface area contributed by atoms with Gasteiger partial charge in [0.2, 0.25) is 5.91 Å². The van der Waals surface area contributed by atoms with Gasteiger partial charge in [-0.05, 0) is 0 Å². The van der Waals surface area contributed by atoms with E-state index < -0.39 is 12.1 Å². The van der Waals surface area contributed by atoms with E-state index in [0.29, 0.717) is 12.3 Å². The van der Waals surface area contributed by atoms with Crippen LogP contribution >= 0.6 is 11.8 Å². The number of aliphatic carboxylic acids is 1. The summed E-state index contributed by atoms with van der Waals surface area (Å²) >= 11 is 1.69. The predicted octanol–water partition coefficient (Wildman–Crippen LogP) is -0.143. The number of imide groups is 1. The third kappa shape index (κ3) is 3.60. The Kier molecular flexibility index (Phi) is 4.65. The molecule has 7 nitrogen and oxygen atoms in total. The summed E-state index contributed by atoms with van der Waals surface area (Å²) in [6.07, 6.45) is -0.587. The molecular formula is C11H16N2O5S. The standard InChI is InChI=1S/C11H16N2O5S/c14-9(13-1-3-18-11(13)17)6-12-2-4-19-7-8(12)5-10(15)16/h8H,1-7H2,(H,15,16). The van der Waals surface area contributed by atoms with Gasteiger partial charge in [0.25, 0.3) is 0 Å². The van der Waals surface area contributed by atoms with Crippen molar-refractivity contribution in [2.75, 3.05) is 37.7 Å². The van der Waals surface area contributed by atoms with E-state index >= 15 is 0 Å². The lowest BCUT2D eigenvalue weighted by molar-refractivity contribution is -0.139. The number of carbonyl (C=O) groups excluding carboxylic acids is 2. The number of carbonyl (C=O) groups is 3. The molecule has 0 spiro atoms. The lowest BCUT2D eigenvalue weighted by atomic mass is 10.2. The fraction of sp³-hybridized carbons (Fsp3) is 0.727. The Morgan fingerprint density at radius 1 is 1.42 bits per heavy atom. The molecule has 0 saturated carbocycles. The average molecular weight is 288 g/mol. The molecule has 106 valence electrons. The molecule has 1 N–H and O–H groups in total. The Bertz CT molecular complexity index is 389. The van der Waals surface area contributed by atoms with Crippen molar-refractivity contribution >= 4 is 29.7 Å². The monoisotopic (exact) mass is 288 g/mol. The molecule has 19 heavy (non-hydrogen) atoms. The fourth-order valence-corrected chi connectivity index (χ4v) is 3.30. The Balaban J connectivity index is 1.93. The number of amides is 2. The van der Waals surface area contributed by atoms with Gasteiger partial charge in [0, 0.05) is 24.1 Å². The number of ether oxygens (including phenoxy) is 1. The molecule has 2 heterocycles. The molecule has 1 atom stereocenters. The van der Waals surface area contributed by atoms with Crippen molar-refractivity contribution in [3.63, 3.8) is 0 Å². The van der Waals surface area contributed by atoms with E-state index in [-0.39, 0.29) is 38.1 Å². The molecule has 2 fully saturated rings. The van der Waals surface area contributed by atoms with Gasteiger partial charge in [-0.2, -0.15) is 11.8 Å². The highest BCUT2D eigenvalue weighted by atomic mass is 32.2. The molecule has 1 unspecified atom stereocenters. The second-order valence-electron chi connectivity index (χ2n) is 4.46. The van der Waals surface area contributed by atoms with Gasteiger partial charge in [-0.25, -0.2) is 9.69 Å². The number of carboxylic acid groups (broad SMARTS) is 1. The number of hydrogen-bond donors (Lipinski definition) is 1. The predicted molar refractivity (Wildman–Crippen MR) is 68.0 cm³/mol. The number of hydrogen-bond acceptors (Lipinski definition) is 6. The first kappa shape index (κ1) is 14.1. The summed E-state index contributed by atoms with van der Waals surface area (Å²) in [5.74, 6) is 0.382. The second kappa shape index (κ2) is 6.25. The Hall–Kier alpha value is -1.28. The van der Waals surface area contributed by atoms with Crippen LogP contribution in [0.15, 0.2) is 0 Å². The van der Waals surface area contributed by atoms with Crippen LogP contribution in [0.2, 0.25) is 0 Å².